The number of halogens is 1. The van der Waals surface area contributed by atoms with E-state index in [4.69, 9.17) is 21.5 Å². The summed E-state index contributed by atoms with van der Waals surface area (Å²) < 4.78 is 32.4. The highest BCUT2D eigenvalue weighted by Crippen LogP contribution is 2.41. The van der Waals surface area contributed by atoms with Gasteiger partial charge in [-0.15, -0.1) is 11.3 Å². The van der Waals surface area contributed by atoms with Gasteiger partial charge in [0, 0.05) is 29.4 Å². The number of unbranched alkanes of at least 4 members (excludes halogenated alkanes) is 1. The van der Waals surface area contributed by atoms with Gasteiger partial charge in [0.05, 0.1) is 12.2 Å². The zero-order valence-electron chi connectivity index (χ0n) is 18.9. The topological polar surface area (TPSA) is 104 Å². The fourth-order valence-electron chi connectivity index (χ4n) is 3.48. The normalized spacial score (nSPS) is 11.8. The molecule has 2 aromatic heterocycles. The second-order valence-corrected chi connectivity index (χ2v) is 11.4. The van der Waals surface area contributed by atoms with Crippen LogP contribution in [-0.2, 0) is 27.7 Å². The van der Waals surface area contributed by atoms with Gasteiger partial charge in [-0.25, -0.2) is 23.3 Å². The molecule has 10 heteroatoms. The second kappa shape index (κ2) is 10.8. The third-order valence-corrected chi connectivity index (χ3v) is 7.96. The maximum Gasteiger partial charge on any atom is 0.339 e. The number of hydrogen-bond donors (Lipinski definition) is 1. The second-order valence-electron chi connectivity index (χ2n) is 8.22. The highest BCUT2D eigenvalue weighted by atomic mass is 35.5. The number of sulfonamides is 1. The number of rotatable bonds is 10. The van der Waals surface area contributed by atoms with Crippen molar-refractivity contribution in [1.82, 2.24) is 9.55 Å². The lowest BCUT2D eigenvalue weighted by atomic mass is 9.98. The van der Waals surface area contributed by atoms with Crippen molar-refractivity contribution in [2.75, 3.05) is 6.61 Å². The highest BCUT2D eigenvalue weighted by Gasteiger charge is 2.30. The molecule has 3 aromatic rings. The monoisotopic (exact) mass is 509 g/mol. The molecule has 0 saturated heterocycles. The van der Waals surface area contributed by atoms with Crippen LogP contribution in [0.15, 0.2) is 40.9 Å². The molecule has 2 heterocycles. The summed E-state index contributed by atoms with van der Waals surface area (Å²) in [5, 5.41) is 5.95. The van der Waals surface area contributed by atoms with Crippen LogP contribution in [-0.4, -0.2) is 30.5 Å². The lowest BCUT2D eigenvalue weighted by Crippen LogP contribution is -2.13. The SMILES string of the molecule is CCCCOC(=O)c1c(CC(C)C)sc(S(N)(=O)=O)c1-c1cccc(Cn2ccnc2Cl)c1. The minimum atomic E-state index is -4.07. The minimum absolute atomic E-state index is 0.0293. The Bertz CT molecular complexity index is 1230. The van der Waals surface area contributed by atoms with Crippen LogP contribution in [0.2, 0.25) is 5.28 Å². The van der Waals surface area contributed by atoms with Crippen LogP contribution in [0.25, 0.3) is 11.1 Å². The summed E-state index contributed by atoms with van der Waals surface area (Å²) in [6.07, 6.45) is 5.51. The van der Waals surface area contributed by atoms with Crippen LogP contribution in [0, 0.1) is 5.92 Å². The Balaban J connectivity index is 2.16. The Morgan fingerprint density at radius 1 is 1.33 bits per heavy atom. The fourth-order valence-corrected chi connectivity index (χ4v) is 6.17. The highest BCUT2D eigenvalue weighted by molar-refractivity contribution is 7.91. The van der Waals surface area contributed by atoms with Gasteiger partial charge in [0.15, 0.2) is 0 Å². The standard InChI is InChI=1S/C23H28ClN3O4S2/c1-4-5-11-31-21(28)20-18(12-15(2)3)32-22(33(25,29)30)19(20)17-8-6-7-16(13-17)14-27-10-9-26-23(27)24/h6-10,13,15H,4-5,11-12,14H2,1-3H3,(H2,25,29,30). The molecular weight excluding hydrogens is 482 g/mol. The molecule has 0 fully saturated rings. The molecule has 33 heavy (non-hydrogen) atoms. The Kier molecular flexibility index (Phi) is 8.33. The Hall–Kier alpha value is -2.20. The maximum atomic E-state index is 13.2. The molecule has 0 aliphatic rings. The van der Waals surface area contributed by atoms with Crippen LogP contribution in [0.5, 0.6) is 0 Å². The number of ether oxygens (including phenoxy) is 1. The molecule has 0 spiro atoms. The molecule has 0 bridgehead atoms. The van der Waals surface area contributed by atoms with Gasteiger partial charge in [0.2, 0.25) is 15.3 Å². The first-order valence-corrected chi connectivity index (χ1v) is 13.5. The molecule has 0 radical (unpaired) electrons. The van der Waals surface area contributed by atoms with Crippen molar-refractivity contribution in [3.63, 3.8) is 0 Å². The summed E-state index contributed by atoms with van der Waals surface area (Å²) in [6.45, 7) is 6.74. The summed E-state index contributed by atoms with van der Waals surface area (Å²) in [4.78, 5) is 17.8. The van der Waals surface area contributed by atoms with Crippen LogP contribution >= 0.6 is 22.9 Å². The number of thiophene rings is 1. The van der Waals surface area contributed by atoms with Crippen molar-refractivity contribution in [2.45, 2.75) is 50.8 Å². The van der Waals surface area contributed by atoms with Crippen molar-refractivity contribution in [2.24, 2.45) is 11.1 Å². The van der Waals surface area contributed by atoms with Gasteiger partial charge in [-0.1, -0.05) is 45.4 Å². The molecule has 3 rings (SSSR count). The van der Waals surface area contributed by atoms with Crippen molar-refractivity contribution in [1.29, 1.82) is 0 Å². The number of carbonyl (C=O) groups excluding carboxylic acids is 1. The largest absolute Gasteiger partial charge is 0.462 e. The molecule has 178 valence electrons. The van der Waals surface area contributed by atoms with E-state index in [0.29, 0.717) is 34.3 Å². The molecule has 2 N–H and O–H groups in total. The average molecular weight is 510 g/mol. The molecular formula is C23H28ClN3O4S2. The van der Waals surface area contributed by atoms with Crippen molar-refractivity contribution in [3.05, 3.63) is 57.9 Å². The van der Waals surface area contributed by atoms with Gasteiger partial charge < -0.3 is 9.30 Å². The number of aromatic nitrogens is 2. The van der Waals surface area contributed by atoms with Gasteiger partial charge in [-0.05, 0) is 47.6 Å². The summed E-state index contributed by atoms with van der Waals surface area (Å²) in [5.74, 6) is -0.315. The van der Waals surface area contributed by atoms with Crippen LogP contribution < -0.4 is 5.14 Å². The number of primary sulfonamides is 1. The summed E-state index contributed by atoms with van der Waals surface area (Å²) in [7, 11) is -4.07. The summed E-state index contributed by atoms with van der Waals surface area (Å²) in [6, 6.07) is 7.33. The molecule has 1 aromatic carbocycles. The van der Waals surface area contributed by atoms with Gasteiger partial charge in [0.1, 0.15) is 4.21 Å². The predicted molar refractivity (Wildman–Crippen MR) is 131 cm³/mol. The van der Waals surface area contributed by atoms with E-state index in [0.717, 1.165) is 29.7 Å². The smallest absolute Gasteiger partial charge is 0.339 e. The number of carbonyl (C=O) groups is 1. The van der Waals surface area contributed by atoms with E-state index in [1.54, 1.807) is 23.0 Å². The predicted octanol–water partition coefficient (Wildman–Crippen LogP) is 5.12. The molecule has 7 nitrogen and oxygen atoms in total. The van der Waals surface area contributed by atoms with Gasteiger partial charge in [0.25, 0.3) is 0 Å². The first-order valence-electron chi connectivity index (χ1n) is 10.7. The van der Waals surface area contributed by atoms with E-state index in [1.165, 1.54) is 0 Å². The van der Waals surface area contributed by atoms with E-state index in [2.05, 4.69) is 4.98 Å². The molecule has 0 aliphatic carbocycles. The average Bonchev–Trinajstić information content (AvgIpc) is 3.31. The Labute approximate surface area is 203 Å². The van der Waals surface area contributed by atoms with Gasteiger partial charge in [-0.3, -0.25) is 0 Å². The first-order chi connectivity index (χ1) is 15.6. The number of benzene rings is 1. The van der Waals surface area contributed by atoms with Crippen LogP contribution in [0.4, 0.5) is 0 Å². The Morgan fingerprint density at radius 3 is 2.70 bits per heavy atom. The summed E-state index contributed by atoms with van der Waals surface area (Å²) in [5.41, 5.74) is 2.04. The van der Waals surface area contributed by atoms with E-state index >= 15 is 0 Å². The third-order valence-electron chi connectivity index (χ3n) is 4.97. The first kappa shape index (κ1) is 25.4. The number of nitrogens with zero attached hydrogens (tertiary/aromatic N) is 2. The van der Waals surface area contributed by atoms with Crippen LogP contribution in [0.1, 0.15) is 54.4 Å². The van der Waals surface area contributed by atoms with Crippen LogP contribution in [0.3, 0.4) is 0 Å². The van der Waals surface area contributed by atoms with E-state index in [-0.39, 0.29) is 22.3 Å². The zero-order chi connectivity index (χ0) is 24.2. The molecule has 0 aliphatic heterocycles. The van der Waals surface area contributed by atoms with Gasteiger partial charge in [-0.2, -0.15) is 0 Å². The maximum absolute atomic E-state index is 13.2. The Morgan fingerprint density at radius 2 is 2.09 bits per heavy atom. The van der Waals surface area contributed by atoms with Crippen molar-refractivity contribution in [3.8, 4) is 11.1 Å². The zero-order valence-corrected chi connectivity index (χ0v) is 21.3. The summed E-state index contributed by atoms with van der Waals surface area (Å²) >= 11 is 7.15. The molecule has 0 saturated carbocycles. The van der Waals surface area contributed by atoms with Gasteiger partial charge >= 0.3 is 5.97 Å². The van der Waals surface area contributed by atoms with E-state index in [9.17, 15) is 13.2 Å². The number of imidazole rings is 1. The van der Waals surface area contributed by atoms with Crippen molar-refractivity contribution < 1.29 is 17.9 Å². The van der Waals surface area contributed by atoms with E-state index < -0.39 is 16.0 Å². The number of esters is 1. The number of hydrogen-bond acceptors (Lipinski definition) is 6. The third kappa shape index (κ3) is 6.23. The fraction of sp³-hybridized carbons (Fsp3) is 0.391. The molecule has 0 atom stereocenters. The molecule has 0 amide bonds. The lowest BCUT2D eigenvalue weighted by Gasteiger charge is -2.12. The minimum Gasteiger partial charge on any atom is -0.462 e. The van der Waals surface area contributed by atoms with E-state index in [1.807, 2.05) is 39.0 Å². The van der Waals surface area contributed by atoms with Crippen molar-refractivity contribution >= 4 is 38.9 Å². The lowest BCUT2D eigenvalue weighted by molar-refractivity contribution is 0.0500. The number of nitrogens with two attached hydrogens (primary N) is 1. The quantitative estimate of drug-likeness (QED) is 0.302. The molecule has 0 unspecified atom stereocenters.